The molecule has 1 aromatic carbocycles. The maximum atomic E-state index is 5.90. The van der Waals surface area contributed by atoms with E-state index in [9.17, 15) is 0 Å². The Bertz CT molecular complexity index is 593. The minimum atomic E-state index is 0.442. The normalized spacial score (nSPS) is 10.7. The van der Waals surface area contributed by atoms with Crippen LogP contribution in [0.15, 0.2) is 22.7 Å². The molecule has 0 fully saturated rings. The lowest BCUT2D eigenvalue weighted by atomic mass is 10.2. The van der Waals surface area contributed by atoms with Crippen molar-refractivity contribution >= 4 is 21.6 Å². The van der Waals surface area contributed by atoms with E-state index in [1.807, 2.05) is 36.9 Å². The van der Waals surface area contributed by atoms with Crippen LogP contribution in [-0.2, 0) is 20.1 Å². The van der Waals surface area contributed by atoms with Crippen LogP contribution >= 0.6 is 15.9 Å². The third-order valence-electron chi connectivity index (χ3n) is 3.04. The fraction of sp³-hybridized carbons (Fsp3) is 0.357. The average Bonchev–Trinajstić information content (AvgIpc) is 2.66. The first-order chi connectivity index (χ1) is 9.02. The van der Waals surface area contributed by atoms with Gasteiger partial charge in [0.25, 0.3) is 0 Å². The van der Waals surface area contributed by atoms with Gasteiger partial charge >= 0.3 is 0 Å². The Kier molecular flexibility index (Phi) is 4.14. The van der Waals surface area contributed by atoms with Crippen LogP contribution in [0.1, 0.15) is 23.9 Å². The second kappa shape index (κ2) is 5.65. The number of nitrogens with two attached hydrogens (primary N) is 1. The van der Waals surface area contributed by atoms with E-state index in [-0.39, 0.29) is 0 Å². The summed E-state index contributed by atoms with van der Waals surface area (Å²) >= 11 is 3.57. The summed E-state index contributed by atoms with van der Waals surface area (Å²) in [6.07, 6.45) is 0.890. The molecule has 1 aromatic heterocycles. The summed E-state index contributed by atoms with van der Waals surface area (Å²) in [6.45, 7) is 4.54. The summed E-state index contributed by atoms with van der Waals surface area (Å²) in [5, 5.41) is 4.44. The molecule has 2 rings (SSSR count). The Hall–Kier alpha value is -1.49. The highest BCUT2D eigenvalue weighted by atomic mass is 79.9. The molecule has 0 atom stereocenters. The molecule has 19 heavy (non-hydrogen) atoms. The van der Waals surface area contributed by atoms with Gasteiger partial charge in [-0.15, -0.1) is 0 Å². The van der Waals surface area contributed by atoms with Crippen LogP contribution in [0.5, 0.6) is 5.75 Å². The molecule has 2 N–H and O–H groups in total. The second-order valence-corrected chi connectivity index (χ2v) is 5.31. The van der Waals surface area contributed by atoms with Crippen LogP contribution in [0, 0.1) is 6.92 Å². The molecule has 0 saturated heterocycles. The van der Waals surface area contributed by atoms with Crippen molar-refractivity contribution in [3.05, 3.63) is 39.6 Å². The first-order valence-corrected chi connectivity index (χ1v) is 7.01. The Morgan fingerprint density at radius 1 is 1.42 bits per heavy atom. The molecule has 1 heterocycles. The van der Waals surface area contributed by atoms with Crippen molar-refractivity contribution in [3.63, 3.8) is 0 Å². The number of rotatable bonds is 4. The predicted octanol–water partition coefficient (Wildman–Crippen LogP) is 3.21. The van der Waals surface area contributed by atoms with E-state index in [1.54, 1.807) is 0 Å². The number of aromatic nitrogens is 2. The maximum Gasteiger partial charge on any atom is 0.143 e. The van der Waals surface area contributed by atoms with Crippen molar-refractivity contribution < 1.29 is 4.74 Å². The number of nitrogens with zero attached hydrogens (tertiary/aromatic N) is 2. The number of halogens is 1. The molecule has 0 saturated carbocycles. The van der Waals surface area contributed by atoms with E-state index in [0.717, 1.165) is 27.8 Å². The van der Waals surface area contributed by atoms with E-state index in [0.29, 0.717) is 18.0 Å². The molecule has 0 radical (unpaired) electrons. The summed E-state index contributed by atoms with van der Waals surface area (Å²) in [4.78, 5) is 0. The SMILES string of the molecule is CCc1nn(C)c(COc2cc(C)ccc2N)c1Br. The van der Waals surface area contributed by atoms with Gasteiger partial charge in [0.15, 0.2) is 0 Å². The molecule has 102 valence electrons. The van der Waals surface area contributed by atoms with Gasteiger partial charge in [-0.25, -0.2) is 0 Å². The Morgan fingerprint density at radius 3 is 2.79 bits per heavy atom. The Labute approximate surface area is 121 Å². The van der Waals surface area contributed by atoms with Crippen molar-refractivity contribution in [2.75, 3.05) is 5.73 Å². The van der Waals surface area contributed by atoms with Crippen LogP contribution in [-0.4, -0.2) is 9.78 Å². The standard InChI is InChI=1S/C14H18BrN3O/c1-4-11-14(15)12(18(3)17-11)8-19-13-7-9(2)5-6-10(13)16/h5-7H,4,8,16H2,1-3H3. The molecule has 5 heteroatoms. The minimum absolute atomic E-state index is 0.442. The molecule has 0 bridgehead atoms. The van der Waals surface area contributed by atoms with Gasteiger partial charge in [0.2, 0.25) is 0 Å². The largest absolute Gasteiger partial charge is 0.485 e. The van der Waals surface area contributed by atoms with Crippen LogP contribution in [0.4, 0.5) is 5.69 Å². The fourth-order valence-corrected chi connectivity index (χ4v) is 2.62. The maximum absolute atomic E-state index is 5.90. The van der Waals surface area contributed by atoms with E-state index in [1.165, 1.54) is 0 Å². The van der Waals surface area contributed by atoms with E-state index in [4.69, 9.17) is 10.5 Å². The van der Waals surface area contributed by atoms with Crippen molar-refractivity contribution in [1.29, 1.82) is 0 Å². The summed E-state index contributed by atoms with van der Waals surface area (Å²) in [5.74, 6) is 0.714. The number of hydrogen-bond acceptors (Lipinski definition) is 3. The molecule has 0 aliphatic heterocycles. The lowest BCUT2D eigenvalue weighted by Crippen LogP contribution is -2.05. The molecule has 0 amide bonds. The zero-order valence-corrected chi connectivity index (χ0v) is 13.0. The molecule has 4 nitrogen and oxygen atoms in total. The monoisotopic (exact) mass is 323 g/mol. The highest BCUT2D eigenvalue weighted by Gasteiger charge is 2.13. The van der Waals surface area contributed by atoms with Gasteiger partial charge in [-0.3, -0.25) is 4.68 Å². The van der Waals surface area contributed by atoms with Crippen molar-refractivity contribution in [3.8, 4) is 5.75 Å². The molecule has 0 spiro atoms. The predicted molar refractivity (Wildman–Crippen MR) is 80.2 cm³/mol. The van der Waals surface area contributed by atoms with E-state index < -0.39 is 0 Å². The molecule has 2 aromatic rings. The van der Waals surface area contributed by atoms with Gasteiger partial charge in [0, 0.05) is 7.05 Å². The quantitative estimate of drug-likeness (QED) is 0.879. The number of benzene rings is 1. The summed E-state index contributed by atoms with van der Waals surface area (Å²) in [5.41, 5.74) is 9.73. The Balaban J connectivity index is 2.19. The fourth-order valence-electron chi connectivity index (χ4n) is 1.89. The molecular weight excluding hydrogens is 306 g/mol. The number of anilines is 1. The highest BCUT2D eigenvalue weighted by molar-refractivity contribution is 9.10. The van der Waals surface area contributed by atoms with E-state index >= 15 is 0 Å². The zero-order chi connectivity index (χ0) is 14.0. The summed E-state index contributed by atoms with van der Waals surface area (Å²) in [6, 6.07) is 5.78. The van der Waals surface area contributed by atoms with Gasteiger partial charge in [-0.1, -0.05) is 13.0 Å². The number of aryl methyl sites for hydroxylation is 3. The van der Waals surface area contributed by atoms with Gasteiger partial charge in [-0.2, -0.15) is 5.10 Å². The summed E-state index contributed by atoms with van der Waals surface area (Å²) < 4.78 is 8.67. The lowest BCUT2D eigenvalue weighted by molar-refractivity contribution is 0.295. The van der Waals surface area contributed by atoms with Crippen molar-refractivity contribution in [2.24, 2.45) is 7.05 Å². The highest BCUT2D eigenvalue weighted by Crippen LogP contribution is 2.26. The zero-order valence-electron chi connectivity index (χ0n) is 11.4. The average molecular weight is 324 g/mol. The first-order valence-electron chi connectivity index (χ1n) is 6.22. The third kappa shape index (κ3) is 2.92. The van der Waals surface area contributed by atoms with Crippen LogP contribution < -0.4 is 10.5 Å². The molecular formula is C14H18BrN3O. The number of ether oxygens (including phenoxy) is 1. The topological polar surface area (TPSA) is 53.1 Å². The van der Waals surface area contributed by atoms with Crippen LogP contribution in [0.2, 0.25) is 0 Å². The third-order valence-corrected chi connectivity index (χ3v) is 3.95. The smallest absolute Gasteiger partial charge is 0.143 e. The second-order valence-electron chi connectivity index (χ2n) is 4.51. The van der Waals surface area contributed by atoms with Gasteiger partial charge in [0.05, 0.1) is 21.5 Å². The molecule has 0 unspecified atom stereocenters. The number of hydrogen-bond donors (Lipinski definition) is 1. The van der Waals surface area contributed by atoms with Crippen molar-refractivity contribution in [2.45, 2.75) is 26.9 Å². The van der Waals surface area contributed by atoms with Gasteiger partial charge < -0.3 is 10.5 Å². The van der Waals surface area contributed by atoms with Crippen molar-refractivity contribution in [1.82, 2.24) is 9.78 Å². The van der Waals surface area contributed by atoms with E-state index in [2.05, 4.69) is 28.0 Å². The Morgan fingerprint density at radius 2 is 2.16 bits per heavy atom. The van der Waals surface area contributed by atoms with Crippen LogP contribution in [0.3, 0.4) is 0 Å². The van der Waals surface area contributed by atoms with Crippen LogP contribution in [0.25, 0.3) is 0 Å². The first kappa shape index (κ1) is 13.9. The van der Waals surface area contributed by atoms with Gasteiger partial charge in [0.1, 0.15) is 12.4 Å². The summed E-state index contributed by atoms with van der Waals surface area (Å²) in [7, 11) is 1.92. The minimum Gasteiger partial charge on any atom is -0.485 e. The lowest BCUT2D eigenvalue weighted by Gasteiger charge is -2.10. The van der Waals surface area contributed by atoms with Gasteiger partial charge in [-0.05, 0) is 47.0 Å². The molecule has 0 aliphatic rings. The number of nitrogen functional groups attached to an aromatic ring is 1. The molecule has 0 aliphatic carbocycles.